The number of nitriles is 1. The molecule has 2 aromatic carbocycles. The van der Waals surface area contributed by atoms with Gasteiger partial charge in [0.25, 0.3) is 5.91 Å². The van der Waals surface area contributed by atoms with E-state index in [-0.39, 0.29) is 25.0 Å². The van der Waals surface area contributed by atoms with E-state index in [4.69, 9.17) is 15.7 Å². The van der Waals surface area contributed by atoms with Crippen molar-refractivity contribution in [2.75, 3.05) is 26.7 Å². The summed E-state index contributed by atoms with van der Waals surface area (Å²) in [6, 6.07) is 17.1. The van der Waals surface area contributed by atoms with Gasteiger partial charge in [-0.2, -0.15) is 10.4 Å². The first kappa shape index (κ1) is 26.8. The normalized spacial score (nSPS) is 19.8. The molecule has 198 valence electrons. The molecule has 1 saturated heterocycles. The highest BCUT2D eigenvalue weighted by atomic mass is 16.5. The second-order valence-electron chi connectivity index (χ2n) is 10.3. The van der Waals surface area contributed by atoms with Crippen molar-refractivity contribution in [1.82, 2.24) is 15.2 Å². The maximum absolute atomic E-state index is 13.8. The minimum absolute atomic E-state index is 0.137. The first-order valence-electron chi connectivity index (χ1n) is 12.4. The molecule has 1 fully saturated rings. The Morgan fingerprint density at radius 1 is 1.21 bits per heavy atom. The van der Waals surface area contributed by atoms with Gasteiger partial charge in [-0.1, -0.05) is 30.3 Å². The summed E-state index contributed by atoms with van der Waals surface area (Å²) in [7, 11) is 1.63. The molecule has 38 heavy (non-hydrogen) atoms. The van der Waals surface area contributed by atoms with E-state index in [1.165, 1.54) is 5.01 Å². The number of hydrazone groups is 1. The van der Waals surface area contributed by atoms with Crippen molar-refractivity contribution in [3.8, 4) is 11.8 Å². The smallest absolute Gasteiger partial charge is 0.256 e. The Kier molecular flexibility index (Phi) is 7.51. The van der Waals surface area contributed by atoms with Crippen molar-refractivity contribution in [3.05, 3.63) is 65.7 Å². The van der Waals surface area contributed by atoms with Gasteiger partial charge in [0.05, 0.1) is 22.9 Å². The maximum Gasteiger partial charge on any atom is 0.256 e. The lowest BCUT2D eigenvalue weighted by Gasteiger charge is -2.40. The molecule has 0 bridgehead atoms. The van der Waals surface area contributed by atoms with Crippen LogP contribution in [-0.2, 0) is 20.8 Å². The Labute approximate surface area is 222 Å². The third-order valence-electron chi connectivity index (χ3n) is 6.85. The van der Waals surface area contributed by atoms with Gasteiger partial charge in [0.15, 0.2) is 0 Å². The molecule has 2 aliphatic rings. The zero-order chi connectivity index (χ0) is 27.5. The first-order valence-corrected chi connectivity index (χ1v) is 12.4. The minimum Gasteiger partial charge on any atom is -0.491 e. The standard InChI is InChI=1S/C28H32N6O4/c1-27(2,30)25(36)31-22(17-38-21-11-9-20(16-29)10-12-21)24(35)34-14-13-23-28(18-34,26(37)33(3)32-23)15-19-7-5-4-6-8-19/h4-12,22H,13-15,17-18,30H2,1-3H3,(H,31,36)/t22?,28-/m1/s1. The number of nitrogens with two attached hydrogens (primary N) is 1. The number of fused-ring (bicyclic) bond motifs is 1. The van der Waals surface area contributed by atoms with E-state index in [2.05, 4.69) is 10.4 Å². The average molecular weight is 517 g/mol. The second kappa shape index (κ2) is 10.6. The van der Waals surface area contributed by atoms with Crippen LogP contribution in [0.15, 0.2) is 59.7 Å². The molecule has 2 atom stereocenters. The van der Waals surface area contributed by atoms with E-state index in [0.717, 1.165) is 11.3 Å². The van der Waals surface area contributed by atoms with E-state index in [9.17, 15) is 14.4 Å². The number of nitrogens with one attached hydrogen (secondary N) is 1. The predicted octanol–water partition coefficient (Wildman–Crippen LogP) is 1.45. The van der Waals surface area contributed by atoms with Gasteiger partial charge in [-0.15, -0.1) is 0 Å². The van der Waals surface area contributed by atoms with Crippen LogP contribution in [0.4, 0.5) is 0 Å². The molecule has 2 heterocycles. The summed E-state index contributed by atoms with van der Waals surface area (Å²) >= 11 is 0. The fourth-order valence-corrected chi connectivity index (χ4v) is 4.76. The Hall–Kier alpha value is -4.23. The van der Waals surface area contributed by atoms with E-state index in [1.807, 2.05) is 36.4 Å². The van der Waals surface area contributed by atoms with Crippen LogP contribution in [0.2, 0.25) is 0 Å². The van der Waals surface area contributed by atoms with Crippen molar-refractivity contribution < 1.29 is 19.1 Å². The number of ether oxygens (including phenoxy) is 1. The fraction of sp³-hybridized carbons (Fsp3) is 0.393. The highest BCUT2D eigenvalue weighted by molar-refractivity contribution is 6.13. The molecule has 0 radical (unpaired) electrons. The Bertz CT molecular complexity index is 1280. The summed E-state index contributed by atoms with van der Waals surface area (Å²) < 4.78 is 5.83. The third-order valence-corrected chi connectivity index (χ3v) is 6.85. The number of carbonyl (C=O) groups is 3. The zero-order valence-electron chi connectivity index (χ0n) is 21.8. The van der Waals surface area contributed by atoms with Crippen LogP contribution in [0.1, 0.15) is 31.4 Å². The molecule has 0 aromatic heterocycles. The molecule has 3 amide bonds. The topological polar surface area (TPSA) is 141 Å². The SMILES string of the molecule is CN1N=C2CCN(C(=O)C(COc3ccc(C#N)cc3)NC(=O)C(C)(C)N)C[C@@]2(Cc2ccccc2)C1=O. The number of likely N-dealkylation sites (tertiary alicyclic amines) is 1. The molecule has 2 aliphatic heterocycles. The van der Waals surface area contributed by atoms with Gasteiger partial charge in [0.2, 0.25) is 11.8 Å². The van der Waals surface area contributed by atoms with Crippen molar-refractivity contribution in [3.63, 3.8) is 0 Å². The van der Waals surface area contributed by atoms with Crippen LogP contribution in [0, 0.1) is 16.7 Å². The van der Waals surface area contributed by atoms with Crippen LogP contribution in [0.25, 0.3) is 0 Å². The van der Waals surface area contributed by atoms with Crippen LogP contribution >= 0.6 is 0 Å². The summed E-state index contributed by atoms with van der Waals surface area (Å²) in [4.78, 5) is 41.6. The minimum atomic E-state index is -1.21. The molecule has 10 heteroatoms. The van der Waals surface area contributed by atoms with E-state index in [0.29, 0.717) is 30.7 Å². The van der Waals surface area contributed by atoms with Crippen LogP contribution < -0.4 is 15.8 Å². The lowest BCUT2D eigenvalue weighted by molar-refractivity contribution is -0.143. The number of benzene rings is 2. The number of rotatable bonds is 8. The number of hydrogen-bond donors (Lipinski definition) is 2. The summed E-state index contributed by atoms with van der Waals surface area (Å²) in [6.45, 7) is 3.44. The van der Waals surface area contributed by atoms with Crippen molar-refractivity contribution >= 4 is 23.4 Å². The molecular formula is C28H32N6O4. The summed E-state index contributed by atoms with van der Waals surface area (Å²) in [6.07, 6.45) is 0.850. The molecular weight excluding hydrogens is 484 g/mol. The van der Waals surface area contributed by atoms with Gasteiger partial charge in [-0.05, 0) is 50.1 Å². The molecule has 1 unspecified atom stereocenters. The van der Waals surface area contributed by atoms with Crippen LogP contribution in [-0.4, -0.2) is 71.7 Å². The van der Waals surface area contributed by atoms with E-state index < -0.39 is 22.9 Å². The third kappa shape index (κ3) is 5.53. The molecule has 0 aliphatic carbocycles. The lowest BCUT2D eigenvalue weighted by Crippen LogP contribution is -2.62. The van der Waals surface area contributed by atoms with Gasteiger partial charge in [0, 0.05) is 26.6 Å². The largest absolute Gasteiger partial charge is 0.491 e. The van der Waals surface area contributed by atoms with Gasteiger partial charge >= 0.3 is 0 Å². The molecule has 0 saturated carbocycles. The number of amides is 3. The average Bonchev–Trinajstić information content (AvgIpc) is 3.15. The van der Waals surface area contributed by atoms with E-state index in [1.54, 1.807) is 50.1 Å². The first-order chi connectivity index (χ1) is 18.0. The van der Waals surface area contributed by atoms with Gasteiger partial charge < -0.3 is 20.7 Å². The lowest BCUT2D eigenvalue weighted by atomic mass is 9.73. The van der Waals surface area contributed by atoms with Crippen molar-refractivity contribution in [2.24, 2.45) is 16.3 Å². The molecule has 0 spiro atoms. The van der Waals surface area contributed by atoms with Gasteiger partial charge in [-0.25, -0.2) is 5.01 Å². The summed E-state index contributed by atoms with van der Waals surface area (Å²) in [5, 5.41) is 17.6. The highest BCUT2D eigenvalue weighted by Gasteiger charge is 2.54. The monoisotopic (exact) mass is 516 g/mol. The Balaban J connectivity index is 1.57. The number of piperidine rings is 1. The molecule has 3 N–H and O–H groups in total. The van der Waals surface area contributed by atoms with Gasteiger partial charge in [0.1, 0.15) is 23.8 Å². The molecule has 10 nitrogen and oxygen atoms in total. The van der Waals surface area contributed by atoms with E-state index >= 15 is 0 Å². The summed E-state index contributed by atoms with van der Waals surface area (Å²) in [5.41, 5.74) is 6.00. The predicted molar refractivity (Wildman–Crippen MR) is 141 cm³/mol. The van der Waals surface area contributed by atoms with Crippen LogP contribution in [0.3, 0.4) is 0 Å². The fourth-order valence-electron chi connectivity index (χ4n) is 4.76. The zero-order valence-corrected chi connectivity index (χ0v) is 21.8. The Morgan fingerprint density at radius 2 is 1.89 bits per heavy atom. The summed E-state index contributed by atoms with van der Waals surface area (Å²) in [5.74, 6) is -0.588. The van der Waals surface area contributed by atoms with Crippen molar-refractivity contribution in [1.29, 1.82) is 5.26 Å². The number of nitrogens with zero attached hydrogens (tertiary/aromatic N) is 4. The molecule has 2 aromatic rings. The number of carbonyl (C=O) groups excluding carboxylic acids is 3. The highest BCUT2D eigenvalue weighted by Crippen LogP contribution is 2.38. The van der Waals surface area contributed by atoms with Crippen LogP contribution in [0.5, 0.6) is 5.75 Å². The maximum atomic E-state index is 13.8. The molecule has 4 rings (SSSR count). The number of hydrogen-bond acceptors (Lipinski definition) is 7. The Morgan fingerprint density at radius 3 is 2.53 bits per heavy atom. The second-order valence-corrected chi connectivity index (χ2v) is 10.3. The van der Waals surface area contributed by atoms with Gasteiger partial charge in [-0.3, -0.25) is 14.4 Å². The quantitative estimate of drug-likeness (QED) is 0.544. The van der Waals surface area contributed by atoms with Crippen molar-refractivity contribution in [2.45, 2.75) is 38.3 Å².